The molecule has 0 spiro atoms. The Balaban J connectivity index is 2.20. The first-order valence-electron chi connectivity index (χ1n) is 5.00. The third kappa shape index (κ3) is 2.67. The monoisotopic (exact) mass is 299 g/mol. The van der Waals surface area contributed by atoms with E-state index < -0.39 is 6.04 Å². The first-order chi connectivity index (χ1) is 8.08. The summed E-state index contributed by atoms with van der Waals surface area (Å²) in [4.78, 5) is 1.35. The van der Waals surface area contributed by atoms with Gasteiger partial charge in [-0.3, -0.25) is 0 Å². The number of tetrazole rings is 1. The number of aromatic nitrogens is 4. The predicted octanol–water partition coefficient (Wildman–Crippen LogP) is 1.35. The molecule has 0 radical (unpaired) electrons. The number of benzene rings is 1. The van der Waals surface area contributed by atoms with Crippen molar-refractivity contribution in [2.75, 3.05) is 0 Å². The molecule has 0 fully saturated rings. The summed E-state index contributed by atoms with van der Waals surface area (Å²) in [6, 6.07) is 4.54. The first-order valence-corrected chi connectivity index (χ1v) is 5.79. The van der Waals surface area contributed by atoms with Gasteiger partial charge < -0.3 is 5.73 Å². The van der Waals surface area contributed by atoms with E-state index >= 15 is 0 Å². The molecule has 5 nitrogen and oxygen atoms in total. The van der Waals surface area contributed by atoms with Crippen molar-refractivity contribution >= 4 is 15.9 Å². The molecule has 2 N–H and O–H groups in total. The van der Waals surface area contributed by atoms with Crippen LogP contribution in [0, 0.1) is 5.82 Å². The van der Waals surface area contributed by atoms with E-state index in [0.717, 1.165) is 0 Å². The average molecular weight is 300 g/mol. The number of halogens is 2. The Kier molecular flexibility index (Phi) is 3.49. The van der Waals surface area contributed by atoms with E-state index in [1.54, 1.807) is 25.2 Å². The second-order valence-corrected chi connectivity index (χ2v) is 4.50. The summed E-state index contributed by atoms with van der Waals surface area (Å²) in [5.41, 5.74) is 6.37. The lowest BCUT2D eigenvalue weighted by atomic mass is 10.0. The smallest absolute Gasteiger partial charge is 0.176 e. The Hall–Kier alpha value is -1.34. The van der Waals surface area contributed by atoms with E-state index in [4.69, 9.17) is 5.73 Å². The molecule has 0 aliphatic heterocycles. The standard InChI is InChI=1S/C10H11BrFN5/c1-17-15-9(14-16-17)5-8(13)6-3-2-4-7(11)10(6)12/h2-4,8H,5,13H2,1H3. The highest BCUT2D eigenvalue weighted by Crippen LogP contribution is 2.23. The van der Waals surface area contributed by atoms with Crippen LogP contribution in [0.2, 0.25) is 0 Å². The average Bonchev–Trinajstić information content (AvgIpc) is 2.68. The van der Waals surface area contributed by atoms with E-state index in [1.807, 2.05) is 0 Å². The van der Waals surface area contributed by atoms with Crippen LogP contribution in [0.1, 0.15) is 17.4 Å². The number of nitrogens with zero attached hydrogens (tertiary/aromatic N) is 4. The number of hydrogen-bond donors (Lipinski definition) is 1. The Morgan fingerprint density at radius 3 is 2.94 bits per heavy atom. The maximum Gasteiger partial charge on any atom is 0.176 e. The molecule has 1 unspecified atom stereocenters. The highest BCUT2D eigenvalue weighted by atomic mass is 79.9. The van der Waals surface area contributed by atoms with Crippen LogP contribution in [0.5, 0.6) is 0 Å². The third-order valence-electron chi connectivity index (χ3n) is 2.33. The van der Waals surface area contributed by atoms with Crippen LogP contribution >= 0.6 is 15.9 Å². The first kappa shape index (κ1) is 12.1. The molecule has 17 heavy (non-hydrogen) atoms. The van der Waals surface area contributed by atoms with Gasteiger partial charge in [0.05, 0.1) is 11.5 Å². The minimum Gasteiger partial charge on any atom is -0.323 e. The molecular weight excluding hydrogens is 289 g/mol. The van der Waals surface area contributed by atoms with Crippen LogP contribution < -0.4 is 5.73 Å². The normalized spacial score (nSPS) is 12.7. The van der Waals surface area contributed by atoms with E-state index in [0.29, 0.717) is 22.3 Å². The zero-order valence-corrected chi connectivity index (χ0v) is 10.7. The molecule has 0 saturated heterocycles. The van der Waals surface area contributed by atoms with Gasteiger partial charge in [0.25, 0.3) is 0 Å². The minimum absolute atomic E-state index is 0.344. The van der Waals surface area contributed by atoms with Crippen molar-refractivity contribution in [3.63, 3.8) is 0 Å². The van der Waals surface area contributed by atoms with Crippen molar-refractivity contribution in [2.24, 2.45) is 12.8 Å². The fourth-order valence-electron chi connectivity index (χ4n) is 1.52. The van der Waals surface area contributed by atoms with E-state index in [1.165, 1.54) is 4.80 Å². The van der Waals surface area contributed by atoms with Gasteiger partial charge in [-0.05, 0) is 27.2 Å². The maximum atomic E-state index is 13.8. The zero-order valence-electron chi connectivity index (χ0n) is 9.14. The van der Waals surface area contributed by atoms with Crippen molar-refractivity contribution in [1.29, 1.82) is 0 Å². The molecule has 1 aromatic heterocycles. The zero-order chi connectivity index (χ0) is 12.4. The molecular formula is C10H11BrFN5. The molecule has 7 heteroatoms. The highest BCUT2D eigenvalue weighted by molar-refractivity contribution is 9.10. The second-order valence-electron chi connectivity index (χ2n) is 3.65. The van der Waals surface area contributed by atoms with Gasteiger partial charge in [-0.1, -0.05) is 12.1 Å². The van der Waals surface area contributed by atoms with Crippen molar-refractivity contribution < 1.29 is 4.39 Å². The van der Waals surface area contributed by atoms with Gasteiger partial charge >= 0.3 is 0 Å². The lowest BCUT2D eigenvalue weighted by Crippen LogP contribution is -2.16. The van der Waals surface area contributed by atoms with Crippen molar-refractivity contribution in [2.45, 2.75) is 12.5 Å². The van der Waals surface area contributed by atoms with Gasteiger partial charge in [0.15, 0.2) is 5.82 Å². The Morgan fingerprint density at radius 1 is 1.53 bits per heavy atom. The van der Waals surface area contributed by atoms with E-state index in [9.17, 15) is 4.39 Å². The quantitative estimate of drug-likeness (QED) is 0.929. The summed E-state index contributed by atoms with van der Waals surface area (Å²) >= 11 is 3.13. The van der Waals surface area contributed by atoms with Gasteiger partial charge in [0.1, 0.15) is 5.82 Å². The van der Waals surface area contributed by atoms with Crippen LogP contribution in [0.3, 0.4) is 0 Å². The maximum absolute atomic E-state index is 13.8. The van der Waals surface area contributed by atoms with Gasteiger partial charge in [-0.2, -0.15) is 4.80 Å². The van der Waals surface area contributed by atoms with E-state index in [2.05, 4.69) is 31.3 Å². The Bertz CT molecular complexity index is 527. The summed E-state index contributed by atoms with van der Waals surface area (Å²) < 4.78 is 14.2. The molecule has 2 rings (SSSR count). The summed E-state index contributed by atoms with van der Waals surface area (Å²) in [5, 5.41) is 11.5. The number of nitrogens with two attached hydrogens (primary N) is 1. The topological polar surface area (TPSA) is 69.6 Å². The predicted molar refractivity (Wildman–Crippen MR) is 63.5 cm³/mol. The molecule has 90 valence electrons. The third-order valence-corrected chi connectivity index (χ3v) is 2.95. The summed E-state index contributed by atoms with van der Waals surface area (Å²) in [6.07, 6.45) is 0.348. The van der Waals surface area contributed by atoms with Gasteiger partial charge in [0.2, 0.25) is 0 Å². The second kappa shape index (κ2) is 4.89. The lowest BCUT2D eigenvalue weighted by Gasteiger charge is -2.11. The Morgan fingerprint density at radius 2 is 2.29 bits per heavy atom. The van der Waals surface area contributed by atoms with Crippen molar-refractivity contribution in [3.05, 3.63) is 39.9 Å². The molecule has 1 atom stereocenters. The molecule has 1 aromatic carbocycles. The molecule has 0 saturated carbocycles. The van der Waals surface area contributed by atoms with Gasteiger partial charge in [0, 0.05) is 18.0 Å². The molecule has 0 bridgehead atoms. The van der Waals surface area contributed by atoms with Crippen LogP contribution in [0.15, 0.2) is 22.7 Å². The highest BCUT2D eigenvalue weighted by Gasteiger charge is 2.16. The molecule has 0 aliphatic carbocycles. The van der Waals surface area contributed by atoms with Crippen LogP contribution in [0.4, 0.5) is 4.39 Å². The Labute approximate surface area is 106 Å². The summed E-state index contributed by atoms with van der Waals surface area (Å²) in [6.45, 7) is 0. The lowest BCUT2D eigenvalue weighted by molar-refractivity contribution is 0.568. The molecule has 0 amide bonds. The summed E-state index contributed by atoms with van der Waals surface area (Å²) in [7, 11) is 1.67. The fraction of sp³-hybridized carbons (Fsp3) is 0.300. The minimum atomic E-state index is -0.489. The summed E-state index contributed by atoms with van der Waals surface area (Å²) in [5.74, 6) is 0.156. The van der Waals surface area contributed by atoms with Crippen LogP contribution in [0.25, 0.3) is 0 Å². The molecule has 0 aliphatic rings. The number of aryl methyl sites for hydroxylation is 1. The fourth-order valence-corrected chi connectivity index (χ4v) is 1.90. The van der Waals surface area contributed by atoms with Crippen molar-refractivity contribution in [1.82, 2.24) is 20.2 Å². The van der Waals surface area contributed by atoms with Crippen molar-refractivity contribution in [3.8, 4) is 0 Å². The van der Waals surface area contributed by atoms with Crippen LogP contribution in [-0.2, 0) is 13.5 Å². The molecule has 2 aromatic rings. The van der Waals surface area contributed by atoms with E-state index in [-0.39, 0.29) is 5.82 Å². The number of hydrogen-bond acceptors (Lipinski definition) is 4. The van der Waals surface area contributed by atoms with Gasteiger partial charge in [-0.15, -0.1) is 10.2 Å². The largest absolute Gasteiger partial charge is 0.323 e. The van der Waals surface area contributed by atoms with Crippen LogP contribution in [-0.4, -0.2) is 20.2 Å². The SMILES string of the molecule is Cn1nnc(CC(N)c2cccc(Br)c2F)n1. The molecule has 1 heterocycles. The van der Waals surface area contributed by atoms with Gasteiger partial charge in [-0.25, -0.2) is 4.39 Å². The number of rotatable bonds is 3.